The van der Waals surface area contributed by atoms with Crippen LogP contribution in [0.3, 0.4) is 0 Å². The Morgan fingerprint density at radius 1 is 1.47 bits per heavy atom. The van der Waals surface area contributed by atoms with Crippen LogP contribution in [-0.2, 0) is 4.79 Å². The van der Waals surface area contributed by atoms with E-state index in [1.54, 1.807) is 14.1 Å². The normalized spacial score (nSPS) is 11.1. The van der Waals surface area contributed by atoms with E-state index in [4.69, 9.17) is 5.11 Å². The molecular weight excluding hydrogens is 227 g/mol. The van der Waals surface area contributed by atoms with Gasteiger partial charge in [-0.3, -0.25) is 4.79 Å². The van der Waals surface area contributed by atoms with Crippen LogP contribution in [0.4, 0.5) is 4.39 Å². The largest absolute Gasteiger partial charge is 0.477 e. The van der Waals surface area contributed by atoms with E-state index >= 15 is 0 Å². The maximum atomic E-state index is 13.3. The van der Waals surface area contributed by atoms with Gasteiger partial charge in [0.1, 0.15) is 11.3 Å². The molecule has 0 amide bonds. The minimum Gasteiger partial charge on any atom is -0.477 e. The van der Waals surface area contributed by atoms with Gasteiger partial charge in [-0.05, 0) is 12.1 Å². The predicted octanol–water partition coefficient (Wildman–Crippen LogP) is 0.933. The number of Topliss-reactive ketones (excluding diaryl/α,β-unsaturated/α-hetero) is 1. The Kier molecular flexibility index (Phi) is 3.92. The summed E-state index contributed by atoms with van der Waals surface area (Å²) in [5.41, 5.74) is -1.03. The zero-order chi connectivity index (χ0) is 13.0. The number of carboxylic acid groups (broad SMARTS) is 1. The summed E-state index contributed by atoms with van der Waals surface area (Å²) in [7, 11) is 3.12. The Balaban J connectivity index is 3.19. The molecule has 1 aromatic heterocycles. The average molecular weight is 238 g/mol. The molecule has 1 N–H and O–H groups in total. The number of carboxylic acids is 1. The van der Waals surface area contributed by atoms with Crippen molar-refractivity contribution in [2.24, 2.45) is 0 Å². The summed E-state index contributed by atoms with van der Waals surface area (Å²) in [6.07, 6.45) is 2.34. The number of nitrogens with zero attached hydrogens (tertiary/aromatic N) is 2. The SMILES string of the molecule is CN(C)/C=C(/C(=O)O)C(=O)c1ncccc1F. The van der Waals surface area contributed by atoms with Crippen LogP contribution in [0, 0.1) is 5.82 Å². The summed E-state index contributed by atoms with van der Waals surface area (Å²) in [4.78, 5) is 27.6. The van der Waals surface area contributed by atoms with Gasteiger partial charge in [-0.2, -0.15) is 0 Å². The van der Waals surface area contributed by atoms with Crippen LogP contribution >= 0.6 is 0 Å². The lowest BCUT2D eigenvalue weighted by Crippen LogP contribution is -2.18. The van der Waals surface area contributed by atoms with E-state index in [0.717, 1.165) is 12.3 Å². The van der Waals surface area contributed by atoms with Gasteiger partial charge in [-0.15, -0.1) is 0 Å². The molecule has 1 heterocycles. The van der Waals surface area contributed by atoms with Crippen molar-refractivity contribution in [2.75, 3.05) is 14.1 Å². The molecule has 90 valence electrons. The standard InChI is InChI=1S/C11H11FN2O3/c1-14(2)6-7(11(16)17)10(15)9-8(12)4-3-5-13-9/h3-6H,1-2H3,(H,16,17)/b7-6+. The second-order valence-electron chi connectivity index (χ2n) is 3.47. The molecule has 6 heteroatoms. The maximum Gasteiger partial charge on any atom is 0.341 e. The summed E-state index contributed by atoms with van der Waals surface area (Å²) in [6, 6.07) is 2.37. The molecule has 1 rings (SSSR count). The lowest BCUT2D eigenvalue weighted by Gasteiger charge is -2.07. The van der Waals surface area contributed by atoms with Crippen molar-refractivity contribution in [2.45, 2.75) is 0 Å². The second kappa shape index (κ2) is 5.20. The predicted molar refractivity (Wildman–Crippen MR) is 57.9 cm³/mol. The molecular formula is C11H11FN2O3. The first-order valence-electron chi connectivity index (χ1n) is 4.70. The fourth-order valence-corrected chi connectivity index (χ4v) is 1.15. The fraction of sp³-hybridized carbons (Fsp3) is 0.182. The third-order valence-corrected chi connectivity index (χ3v) is 1.84. The topological polar surface area (TPSA) is 70.5 Å². The van der Waals surface area contributed by atoms with Crippen molar-refractivity contribution in [1.29, 1.82) is 0 Å². The van der Waals surface area contributed by atoms with Crippen molar-refractivity contribution >= 4 is 11.8 Å². The quantitative estimate of drug-likeness (QED) is 0.366. The number of pyridine rings is 1. The number of rotatable bonds is 4. The van der Waals surface area contributed by atoms with Gasteiger partial charge >= 0.3 is 5.97 Å². The number of carbonyl (C=O) groups excluding carboxylic acids is 1. The van der Waals surface area contributed by atoms with Gasteiger partial charge in [0.2, 0.25) is 5.78 Å². The van der Waals surface area contributed by atoms with Gasteiger partial charge in [0.15, 0.2) is 5.82 Å². The third-order valence-electron chi connectivity index (χ3n) is 1.84. The molecule has 17 heavy (non-hydrogen) atoms. The fourth-order valence-electron chi connectivity index (χ4n) is 1.15. The smallest absolute Gasteiger partial charge is 0.341 e. The highest BCUT2D eigenvalue weighted by atomic mass is 19.1. The number of ketones is 1. The second-order valence-corrected chi connectivity index (χ2v) is 3.47. The van der Waals surface area contributed by atoms with Gasteiger partial charge in [0, 0.05) is 26.5 Å². The Morgan fingerprint density at radius 2 is 2.12 bits per heavy atom. The molecule has 0 atom stereocenters. The highest BCUT2D eigenvalue weighted by Crippen LogP contribution is 2.10. The molecule has 0 saturated carbocycles. The van der Waals surface area contributed by atoms with Gasteiger partial charge in [0.05, 0.1) is 0 Å². The number of halogens is 1. The zero-order valence-electron chi connectivity index (χ0n) is 9.35. The van der Waals surface area contributed by atoms with Crippen LogP contribution in [0.2, 0.25) is 0 Å². The highest BCUT2D eigenvalue weighted by molar-refractivity contribution is 6.22. The first-order valence-corrected chi connectivity index (χ1v) is 4.70. The van der Waals surface area contributed by atoms with Gasteiger partial charge in [-0.1, -0.05) is 0 Å². The van der Waals surface area contributed by atoms with Gasteiger partial charge < -0.3 is 10.0 Å². The van der Waals surface area contributed by atoms with Crippen LogP contribution in [0.15, 0.2) is 30.1 Å². The molecule has 5 nitrogen and oxygen atoms in total. The molecule has 0 spiro atoms. The summed E-state index contributed by atoms with van der Waals surface area (Å²) >= 11 is 0. The van der Waals surface area contributed by atoms with Crippen molar-refractivity contribution in [3.05, 3.63) is 41.6 Å². The van der Waals surface area contributed by atoms with E-state index < -0.39 is 28.8 Å². The molecule has 0 saturated heterocycles. The van der Waals surface area contributed by atoms with E-state index in [1.807, 2.05) is 0 Å². The molecule has 0 unspecified atom stereocenters. The number of aliphatic carboxylic acids is 1. The van der Waals surface area contributed by atoms with Crippen LogP contribution < -0.4 is 0 Å². The molecule has 0 aliphatic carbocycles. The van der Waals surface area contributed by atoms with Crippen molar-refractivity contribution in [3.63, 3.8) is 0 Å². The minimum atomic E-state index is -1.42. The number of hydrogen-bond acceptors (Lipinski definition) is 4. The number of hydrogen-bond donors (Lipinski definition) is 1. The summed E-state index contributed by atoms with van der Waals surface area (Å²) in [6.45, 7) is 0. The van der Waals surface area contributed by atoms with Gasteiger partial charge in [0.25, 0.3) is 0 Å². The minimum absolute atomic E-state index is 0.497. The van der Waals surface area contributed by atoms with Crippen molar-refractivity contribution < 1.29 is 19.1 Å². The zero-order valence-corrected chi connectivity index (χ0v) is 9.35. The van der Waals surface area contributed by atoms with E-state index in [-0.39, 0.29) is 0 Å². The summed E-state index contributed by atoms with van der Waals surface area (Å²) < 4.78 is 13.3. The number of carbonyl (C=O) groups is 2. The molecule has 1 aromatic rings. The Labute approximate surface area is 97.2 Å². The molecule has 0 bridgehead atoms. The van der Waals surface area contributed by atoms with Crippen LogP contribution in [0.1, 0.15) is 10.5 Å². The third kappa shape index (κ3) is 3.10. The summed E-state index contributed by atoms with van der Waals surface area (Å²) in [5, 5.41) is 8.88. The van der Waals surface area contributed by atoms with Crippen molar-refractivity contribution in [1.82, 2.24) is 9.88 Å². The van der Waals surface area contributed by atoms with Crippen LogP contribution in [0.5, 0.6) is 0 Å². The summed E-state index contributed by atoms with van der Waals surface area (Å²) in [5.74, 6) is -3.22. The monoisotopic (exact) mass is 238 g/mol. The first-order chi connectivity index (χ1) is 7.93. The molecule has 0 aromatic carbocycles. The van der Waals surface area contributed by atoms with Crippen molar-refractivity contribution in [3.8, 4) is 0 Å². The Morgan fingerprint density at radius 3 is 2.59 bits per heavy atom. The first kappa shape index (κ1) is 12.8. The molecule has 0 radical (unpaired) electrons. The van der Waals surface area contributed by atoms with E-state index in [9.17, 15) is 14.0 Å². The van der Waals surface area contributed by atoms with E-state index in [2.05, 4.69) is 4.98 Å². The Hall–Kier alpha value is -2.24. The van der Waals surface area contributed by atoms with Crippen LogP contribution in [0.25, 0.3) is 0 Å². The molecule has 0 aliphatic heterocycles. The van der Waals surface area contributed by atoms with Crippen LogP contribution in [-0.4, -0.2) is 40.8 Å². The maximum absolute atomic E-state index is 13.3. The van der Waals surface area contributed by atoms with E-state index in [1.165, 1.54) is 17.2 Å². The Bertz CT molecular complexity index is 483. The lowest BCUT2D eigenvalue weighted by atomic mass is 10.1. The molecule has 0 aliphatic rings. The van der Waals surface area contributed by atoms with Gasteiger partial charge in [-0.25, -0.2) is 14.2 Å². The molecule has 0 fully saturated rings. The average Bonchev–Trinajstić information content (AvgIpc) is 2.25. The highest BCUT2D eigenvalue weighted by Gasteiger charge is 2.23. The lowest BCUT2D eigenvalue weighted by molar-refractivity contribution is -0.132. The number of aromatic nitrogens is 1. The van der Waals surface area contributed by atoms with E-state index in [0.29, 0.717) is 0 Å².